The van der Waals surface area contributed by atoms with Gasteiger partial charge in [0.05, 0.1) is 29.0 Å². The van der Waals surface area contributed by atoms with E-state index in [-0.39, 0.29) is 17.2 Å². The molecule has 0 bridgehead atoms. The molecule has 1 aliphatic rings. The number of allylic oxidation sites excluding steroid dienone is 1. The molecule has 5 rings (SSSR count). The predicted octanol–water partition coefficient (Wildman–Crippen LogP) is 3.59. The number of hydrogen-bond donors (Lipinski definition) is 2. The highest BCUT2D eigenvalue weighted by molar-refractivity contribution is 7.07. The molecule has 0 unspecified atom stereocenters. The molecular formula is C28H23N3O4S. The van der Waals surface area contributed by atoms with E-state index in [2.05, 4.69) is 10.3 Å². The quantitative estimate of drug-likeness (QED) is 0.441. The lowest BCUT2D eigenvalue weighted by molar-refractivity contribution is -0.113. The minimum Gasteiger partial charge on any atom is -0.508 e. The van der Waals surface area contributed by atoms with Crippen LogP contribution in [0.15, 0.2) is 99.9 Å². The van der Waals surface area contributed by atoms with Gasteiger partial charge in [0.25, 0.3) is 11.5 Å². The Hall–Kier alpha value is -4.43. The van der Waals surface area contributed by atoms with Crippen molar-refractivity contribution in [3.8, 4) is 11.5 Å². The number of amides is 1. The van der Waals surface area contributed by atoms with E-state index in [4.69, 9.17) is 4.74 Å². The molecule has 0 radical (unpaired) electrons. The summed E-state index contributed by atoms with van der Waals surface area (Å²) in [5, 5.41) is 12.5. The average molecular weight is 498 g/mol. The molecule has 36 heavy (non-hydrogen) atoms. The number of carbonyl (C=O) groups excluding carboxylic acids is 1. The number of nitrogens with zero attached hydrogens (tertiary/aromatic N) is 2. The van der Waals surface area contributed by atoms with E-state index < -0.39 is 6.04 Å². The van der Waals surface area contributed by atoms with Crippen molar-refractivity contribution in [2.24, 2.45) is 4.99 Å². The molecule has 8 heteroatoms. The summed E-state index contributed by atoms with van der Waals surface area (Å²) in [6.45, 7) is 1.78. The molecule has 180 valence electrons. The van der Waals surface area contributed by atoms with Crippen LogP contribution in [0.5, 0.6) is 11.5 Å². The second kappa shape index (κ2) is 9.67. The van der Waals surface area contributed by atoms with Crippen LogP contribution < -0.4 is 24.9 Å². The molecule has 0 saturated carbocycles. The topological polar surface area (TPSA) is 92.9 Å². The van der Waals surface area contributed by atoms with E-state index in [1.165, 1.54) is 11.3 Å². The molecule has 1 aliphatic heterocycles. The monoisotopic (exact) mass is 497 g/mol. The Labute approximate surface area is 211 Å². The summed E-state index contributed by atoms with van der Waals surface area (Å²) in [6.07, 6.45) is 1.76. The first-order valence-corrected chi connectivity index (χ1v) is 12.1. The summed E-state index contributed by atoms with van der Waals surface area (Å²) in [4.78, 5) is 32.4. The van der Waals surface area contributed by atoms with Gasteiger partial charge in [0.1, 0.15) is 11.5 Å². The number of ether oxygens (including phenoxy) is 1. The van der Waals surface area contributed by atoms with Gasteiger partial charge in [0.2, 0.25) is 0 Å². The standard InChI is InChI=1S/C28H23N3O4S/c1-17-24(26(33)30-20-8-4-3-5-9-20)25(19-7-6-10-22(16-19)35-2)31-27(34)23(36-28(31)29-17)15-18-11-13-21(32)14-12-18/h3-16,25,32H,1-2H3,(H,30,33)/b23-15-/t25-/m0/s1. The van der Waals surface area contributed by atoms with Crippen LogP contribution in [0.4, 0.5) is 5.69 Å². The first-order valence-electron chi connectivity index (χ1n) is 11.3. The van der Waals surface area contributed by atoms with Crippen molar-refractivity contribution in [1.82, 2.24) is 4.57 Å². The number of benzene rings is 3. The molecule has 7 nitrogen and oxygen atoms in total. The zero-order valence-electron chi connectivity index (χ0n) is 19.6. The summed E-state index contributed by atoms with van der Waals surface area (Å²) >= 11 is 1.26. The second-order valence-corrected chi connectivity index (χ2v) is 9.28. The lowest BCUT2D eigenvalue weighted by Gasteiger charge is -2.25. The van der Waals surface area contributed by atoms with Gasteiger partial charge in [-0.25, -0.2) is 4.99 Å². The number of methoxy groups -OCH3 is 1. The Bertz CT molecular complexity index is 1650. The number of carbonyl (C=O) groups is 1. The Balaban J connectivity index is 1.68. The van der Waals surface area contributed by atoms with Gasteiger partial charge in [-0.05, 0) is 60.5 Å². The highest BCUT2D eigenvalue weighted by Crippen LogP contribution is 2.32. The van der Waals surface area contributed by atoms with Crippen molar-refractivity contribution >= 4 is 29.0 Å². The third kappa shape index (κ3) is 4.46. The lowest BCUT2D eigenvalue weighted by atomic mass is 9.95. The number of nitrogens with one attached hydrogen (secondary N) is 1. The number of phenolic OH excluding ortho intramolecular Hbond substituents is 1. The first kappa shape index (κ1) is 23.3. The predicted molar refractivity (Wildman–Crippen MR) is 140 cm³/mol. The van der Waals surface area contributed by atoms with E-state index in [9.17, 15) is 14.7 Å². The molecule has 1 amide bonds. The second-order valence-electron chi connectivity index (χ2n) is 8.27. The van der Waals surface area contributed by atoms with Crippen LogP contribution in [0.3, 0.4) is 0 Å². The number of fused-ring (bicyclic) bond motifs is 1. The van der Waals surface area contributed by atoms with Crippen LogP contribution in [0, 0.1) is 0 Å². The molecule has 0 saturated heterocycles. The minimum absolute atomic E-state index is 0.149. The largest absolute Gasteiger partial charge is 0.508 e. The lowest BCUT2D eigenvalue weighted by Crippen LogP contribution is -2.40. The molecule has 4 aromatic rings. The molecule has 0 aliphatic carbocycles. The van der Waals surface area contributed by atoms with Gasteiger partial charge in [-0.2, -0.15) is 0 Å². The molecule has 1 atom stereocenters. The molecule has 0 fully saturated rings. The Kier molecular flexibility index (Phi) is 6.26. The maximum absolute atomic E-state index is 13.7. The fourth-order valence-corrected chi connectivity index (χ4v) is 5.23. The number of aromatic nitrogens is 1. The fraction of sp³-hybridized carbons (Fsp3) is 0.107. The van der Waals surface area contributed by atoms with Gasteiger partial charge >= 0.3 is 0 Å². The van der Waals surface area contributed by atoms with Crippen molar-refractivity contribution in [2.75, 3.05) is 12.4 Å². The van der Waals surface area contributed by atoms with Gasteiger partial charge in [-0.1, -0.05) is 53.8 Å². The highest BCUT2D eigenvalue weighted by Gasteiger charge is 2.32. The summed E-state index contributed by atoms with van der Waals surface area (Å²) < 4.78 is 7.47. The zero-order valence-corrected chi connectivity index (χ0v) is 20.5. The van der Waals surface area contributed by atoms with Crippen molar-refractivity contribution in [1.29, 1.82) is 0 Å². The van der Waals surface area contributed by atoms with E-state index in [0.29, 0.717) is 32.0 Å². The van der Waals surface area contributed by atoms with Crippen molar-refractivity contribution in [3.63, 3.8) is 0 Å². The summed E-state index contributed by atoms with van der Waals surface area (Å²) in [5.41, 5.74) is 2.83. The van der Waals surface area contributed by atoms with Gasteiger partial charge in [-0.15, -0.1) is 0 Å². The van der Waals surface area contributed by atoms with Gasteiger partial charge in [-0.3, -0.25) is 14.2 Å². The molecule has 0 spiro atoms. The third-order valence-electron chi connectivity index (χ3n) is 5.90. The fourth-order valence-electron chi connectivity index (χ4n) is 4.18. The number of phenols is 1. The Morgan fingerprint density at radius 2 is 1.83 bits per heavy atom. The van der Waals surface area contributed by atoms with E-state index in [0.717, 1.165) is 11.1 Å². The smallest absolute Gasteiger partial charge is 0.271 e. The number of para-hydroxylation sites is 1. The number of hydrogen-bond acceptors (Lipinski definition) is 6. The molecule has 2 N–H and O–H groups in total. The summed E-state index contributed by atoms with van der Waals surface area (Å²) in [6, 6.07) is 22.4. The van der Waals surface area contributed by atoms with Crippen LogP contribution in [0.25, 0.3) is 6.08 Å². The molecule has 3 aromatic carbocycles. The van der Waals surface area contributed by atoms with E-state index in [1.54, 1.807) is 61.1 Å². The van der Waals surface area contributed by atoms with Gasteiger partial charge in [0.15, 0.2) is 4.80 Å². The van der Waals surface area contributed by atoms with Crippen LogP contribution in [0.1, 0.15) is 24.1 Å². The van der Waals surface area contributed by atoms with Crippen LogP contribution in [-0.2, 0) is 4.79 Å². The SMILES string of the molecule is COc1cccc([C@H]2C(C(=O)Nc3ccccc3)=C(C)N=c3s/c(=C\c4ccc(O)cc4)c(=O)n32)c1. The normalized spacial score (nSPS) is 15.3. The van der Waals surface area contributed by atoms with E-state index in [1.807, 2.05) is 42.5 Å². The number of aromatic hydroxyl groups is 1. The highest BCUT2D eigenvalue weighted by atomic mass is 32.1. The van der Waals surface area contributed by atoms with Crippen LogP contribution >= 0.6 is 11.3 Å². The molecular weight excluding hydrogens is 474 g/mol. The number of thiazole rings is 1. The van der Waals surface area contributed by atoms with Gasteiger partial charge in [0, 0.05) is 5.69 Å². The van der Waals surface area contributed by atoms with Crippen molar-refractivity contribution in [3.05, 3.63) is 121 Å². The summed E-state index contributed by atoms with van der Waals surface area (Å²) in [5.74, 6) is 0.440. The maximum atomic E-state index is 13.7. The van der Waals surface area contributed by atoms with Crippen molar-refractivity contribution in [2.45, 2.75) is 13.0 Å². The third-order valence-corrected chi connectivity index (χ3v) is 6.88. The van der Waals surface area contributed by atoms with Crippen LogP contribution in [-0.4, -0.2) is 22.7 Å². The van der Waals surface area contributed by atoms with E-state index >= 15 is 0 Å². The number of anilines is 1. The summed E-state index contributed by atoms with van der Waals surface area (Å²) in [7, 11) is 1.58. The average Bonchev–Trinajstić information content (AvgIpc) is 3.19. The van der Waals surface area contributed by atoms with Crippen LogP contribution in [0.2, 0.25) is 0 Å². The van der Waals surface area contributed by atoms with Gasteiger partial charge < -0.3 is 15.2 Å². The maximum Gasteiger partial charge on any atom is 0.271 e. The Morgan fingerprint density at radius 1 is 1.08 bits per heavy atom. The number of rotatable bonds is 5. The Morgan fingerprint density at radius 3 is 2.56 bits per heavy atom. The van der Waals surface area contributed by atoms with Crippen molar-refractivity contribution < 1.29 is 14.6 Å². The zero-order chi connectivity index (χ0) is 25.2. The molecule has 2 heterocycles. The molecule has 1 aromatic heterocycles. The minimum atomic E-state index is -0.693. The first-order chi connectivity index (χ1) is 17.4.